The van der Waals surface area contributed by atoms with Crippen LogP contribution in [0.4, 0.5) is 0 Å². The van der Waals surface area contributed by atoms with Crippen molar-refractivity contribution in [3.8, 4) is 0 Å². The minimum absolute atomic E-state index is 0.136. The van der Waals surface area contributed by atoms with Crippen LogP contribution < -0.4 is 0 Å². The molecule has 0 spiro atoms. The normalized spacial score (nSPS) is 23.3. The van der Waals surface area contributed by atoms with Crippen molar-refractivity contribution in [1.29, 1.82) is 0 Å². The summed E-state index contributed by atoms with van der Waals surface area (Å²) in [6, 6.07) is 0. The first-order chi connectivity index (χ1) is 8.58. The van der Waals surface area contributed by atoms with Gasteiger partial charge in [-0.25, -0.2) is 4.79 Å². The highest BCUT2D eigenvalue weighted by Crippen LogP contribution is 2.40. The maximum absolute atomic E-state index is 11.4. The number of piperidine rings is 1. The van der Waals surface area contributed by atoms with Crippen molar-refractivity contribution in [2.75, 3.05) is 0 Å². The van der Waals surface area contributed by atoms with Crippen LogP contribution >= 0.6 is 0 Å². The summed E-state index contributed by atoms with van der Waals surface area (Å²) in [7, 11) is 0. The molecule has 4 heteroatoms. The molecule has 0 bridgehead atoms. The number of nitrogens with zero attached hydrogens (tertiary/aromatic N) is 1. The fourth-order valence-electron chi connectivity index (χ4n) is 2.90. The predicted octanol–water partition coefficient (Wildman–Crippen LogP) is 2.71. The summed E-state index contributed by atoms with van der Waals surface area (Å²) >= 11 is 0. The van der Waals surface area contributed by atoms with Gasteiger partial charge in [-0.05, 0) is 41.5 Å². The molecule has 0 amide bonds. The number of carbonyl (C=O) groups excluding carboxylic acids is 1. The second-order valence-electron chi connectivity index (χ2n) is 6.32. The van der Waals surface area contributed by atoms with E-state index in [1.54, 1.807) is 0 Å². The predicted molar refractivity (Wildman–Crippen MR) is 74.9 cm³/mol. The quantitative estimate of drug-likeness (QED) is 0.580. The van der Waals surface area contributed by atoms with Gasteiger partial charge in [0.15, 0.2) is 0 Å². The third-order valence-corrected chi connectivity index (χ3v) is 3.26. The van der Waals surface area contributed by atoms with E-state index in [-0.39, 0.29) is 29.3 Å². The molecule has 0 aromatic rings. The van der Waals surface area contributed by atoms with Gasteiger partial charge in [0.25, 0.3) is 0 Å². The average Bonchev–Trinajstić information content (AvgIpc) is 2.22. The minimum Gasteiger partial charge on any atom is -0.459 e. The van der Waals surface area contributed by atoms with Gasteiger partial charge in [0.1, 0.15) is 6.10 Å². The van der Waals surface area contributed by atoms with E-state index in [2.05, 4.69) is 48.1 Å². The first-order valence-corrected chi connectivity index (χ1v) is 6.55. The monoisotopic (exact) mass is 267 g/mol. The highest BCUT2D eigenvalue weighted by atomic mass is 16.7. The van der Waals surface area contributed by atoms with E-state index < -0.39 is 0 Å². The highest BCUT2D eigenvalue weighted by molar-refractivity contribution is 5.81. The van der Waals surface area contributed by atoms with Crippen molar-refractivity contribution >= 4 is 5.97 Å². The molecule has 1 rings (SSSR count). The van der Waals surface area contributed by atoms with Gasteiger partial charge in [0, 0.05) is 30.0 Å². The molecular formula is C15H25NO3. The van der Waals surface area contributed by atoms with Crippen LogP contribution in [0.25, 0.3) is 0 Å². The first-order valence-electron chi connectivity index (χ1n) is 6.55. The van der Waals surface area contributed by atoms with Gasteiger partial charge in [-0.15, -0.1) is 0 Å². The molecule has 0 aliphatic carbocycles. The van der Waals surface area contributed by atoms with Crippen molar-refractivity contribution in [3.63, 3.8) is 0 Å². The molecule has 108 valence electrons. The molecule has 0 unspecified atom stereocenters. The zero-order valence-corrected chi connectivity index (χ0v) is 12.4. The van der Waals surface area contributed by atoms with Gasteiger partial charge in [0.05, 0.1) is 6.10 Å². The van der Waals surface area contributed by atoms with E-state index in [4.69, 9.17) is 9.57 Å². The smallest absolute Gasteiger partial charge is 0.330 e. The van der Waals surface area contributed by atoms with Crippen molar-refractivity contribution < 1.29 is 14.4 Å². The highest BCUT2D eigenvalue weighted by Gasteiger charge is 2.48. The minimum atomic E-state index is -0.377. The van der Waals surface area contributed by atoms with E-state index in [1.807, 2.05) is 5.06 Å². The largest absolute Gasteiger partial charge is 0.459 e. The van der Waals surface area contributed by atoms with Crippen LogP contribution in [0.5, 0.6) is 0 Å². The number of hydrogen-bond acceptors (Lipinski definition) is 4. The Kier molecular flexibility index (Phi) is 4.80. The lowest BCUT2D eigenvalue weighted by Gasteiger charge is -2.53. The second-order valence-corrected chi connectivity index (χ2v) is 6.32. The Labute approximate surface area is 116 Å². The van der Waals surface area contributed by atoms with Crippen LogP contribution in [0.2, 0.25) is 0 Å². The lowest BCUT2D eigenvalue weighted by atomic mass is 9.80. The number of hydroxylamine groups is 2. The molecular weight excluding hydrogens is 242 g/mol. The van der Waals surface area contributed by atoms with Crippen LogP contribution in [0.15, 0.2) is 12.7 Å². The van der Waals surface area contributed by atoms with Crippen LogP contribution in [0.3, 0.4) is 0 Å². The lowest BCUT2D eigenvalue weighted by Crippen LogP contribution is -2.62. The van der Waals surface area contributed by atoms with E-state index in [0.717, 1.165) is 0 Å². The Morgan fingerprint density at radius 2 is 1.74 bits per heavy atom. The molecule has 1 heterocycles. The van der Waals surface area contributed by atoms with Gasteiger partial charge in [0.2, 0.25) is 0 Å². The molecule has 0 N–H and O–H groups in total. The Morgan fingerprint density at radius 1 is 1.26 bits per heavy atom. The van der Waals surface area contributed by atoms with E-state index >= 15 is 0 Å². The summed E-state index contributed by atoms with van der Waals surface area (Å²) in [5.74, 6) is -0.377. The number of ether oxygens (including phenoxy) is 1. The van der Waals surface area contributed by atoms with Gasteiger partial charge >= 0.3 is 5.97 Å². The van der Waals surface area contributed by atoms with Gasteiger partial charge < -0.3 is 4.74 Å². The number of carbonyl (C=O) groups is 1. The van der Waals surface area contributed by atoms with Crippen LogP contribution in [-0.4, -0.2) is 34.3 Å². The van der Waals surface area contributed by atoms with Crippen molar-refractivity contribution in [1.82, 2.24) is 5.06 Å². The lowest BCUT2D eigenvalue weighted by molar-refractivity contribution is -0.301. The first kappa shape index (κ1) is 16.2. The SMILES string of the molecule is [CH2]C([CH2])ON1C(C)(C)CC(OC(=O)C=C)CC1(C)C. The molecule has 1 fully saturated rings. The fourth-order valence-corrected chi connectivity index (χ4v) is 2.90. The van der Waals surface area contributed by atoms with E-state index in [9.17, 15) is 4.79 Å². The van der Waals surface area contributed by atoms with Crippen molar-refractivity contribution in [2.24, 2.45) is 0 Å². The fraction of sp³-hybridized carbons (Fsp3) is 0.667. The maximum Gasteiger partial charge on any atom is 0.330 e. The average molecular weight is 267 g/mol. The zero-order valence-electron chi connectivity index (χ0n) is 12.4. The molecule has 19 heavy (non-hydrogen) atoms. The molecule has 4 nitrogen and oxygen atoms in total. The Balaban J connectivity index is 2.86. The molecule has 0 aromatic heterocycles. The molecule has 1 aliphatic rings. The molecule has 0 saturated carbocycles. The van der Waals surface area contributed by atoms with E-state index in [1.165, 1.54) is 6.08 Å². The summed E-state index contributed by atoms with van der Waals surface area (Å²) in [5.41, 5.74) is -0.525. The Morgan fingerprint density at radius 3 is 2.11 bits per heavy atom. The number of rotatable bonds is 4. The van der Waals surface area contributed by atoms with Gasteiger partial charge in [-0.1, -0.05) is 6.58 Å². The number of esters is 1. The second kappa shape index (κ2) is 5.63. The molecule has 2 radical (unpaired) electrons. The van der Waals surface area contributed by atoms with Crippen LogP contribution in [-0.2, 0) is 14.4 Å². The van der Waals surface area contributed by atoms with Gasteiger partial charge in [-0.2, -0.15) is 5.06 Å². The summed E-state index contributed by atoms with van der Waals surface area (Å²) in [6.45, 7) is 19.2. The van der Waals surface area contributed by atoms with E-state index in [0.29, 0.717) is 12.8 Å². The topological polar surface area (TPSA) is 38.8 Å². The Bertz CT molecular complexity index is 329. The summed E-state index contributed by atoms with van der Waals surface area (Å²) in [4.78, 5) is 17.1. The Hall–Kier alpha value is -0.870. The summed E-state index contributed by atoms with van der Waals surface area (Å²) in [6.07, 6.45) is 2.09. The van der Waals surface area contributed by atoms with Gasteiger partial charge in [-0.3, -0.25) is 4.84 Å². The molecule has 0 atom stereocenters. The van der Waals surface area contributed by atoms with Crippen LogP contribution in [0, 0.1) is 13.8 Å². The standard InChI is InChI=1S/C15H25NO3/c1-8-13(17)18-12-9-14(4,5)16(19-11(2)3)15(6,7)10-12/h8,11-12H,1-3,9-10H2,4-7H3. The summed E-state index contributed by atoms with van der Waals surface area (Å²) < 4.78 is 5.39. The molecule has 1 saturated heterocycles. The summed E-state index contributed by atoms with van der Waals surface area (Å²) in [5, 5.41) is 1.93. The third-order valence-electron chi connectivity index (χ3n) is 3.26. The van der Waals surface area contributed by atoms with Crippen molar-refractivity contribution in [3.05, 3.63) is 26.5 Å². The number of hydrogen-bond donors (Lipinski definition) is 0. The third kappa shape index (κ3) is 4.05. The van der Waals surface area contributed by atoms with Crippen LogP contribution in [0.1, 0.15) is 40.5 Å². The molecule has 1 aliphatic heterocycles. The molecule has 0 aromatic carbocycles. The van der Waals surface area contributed by atoms with Crippen molar-refractivity contribution in [2.45, 2.75) is 63.8 Å². The zero-order chi connectivity index (χ0) is 14.8. The maximum atomic E-state index is 11.4.